The predicted octanol–water partition coefficient (Wildman–Crippen LogP) is 3.09. The maximum absolute atomic E-state index is 10.1. The number of thioether (sulfide) groups is 1. The Morgan fingerprint density at radius 3 is 2.95 bits per heavy atom. The van der Waals surface area contributed by atoms with Crippen LogP contribution in [-0.4, -0.2) is 26.3 Å². The number of hydrogen-bond acceptors (Lipinski definition) is 4. The Bertz CT molecular complexity index is 619. The molecule has 0 aliphatic heterocycles. The van der Waals surface area contributed by atoms with Gasteiger partial charge in [-0.25, -0.2) is 4.98 Å². The molecule has 0 aliphatic rings. The fourth-order valence-electron chi connectivity index (χ4n) is 1.88. The van der Waals surface area contributed by atoms with E-state index in [0.717, 1.165) is 10.7 Å². The first-order chi connectivity index (χ1) is 9.31. The molecule has 0 saturated carbocycles. The van der Waals surface area contributed by atoms with Crippen LogP contribution in [0.25, 0.3) is 4.96 Å². The van der Waals surface area contributed by atoms with Crippen molar-refractivity contribution in [1.29, 1.82) is 0 Å². The molecule has 98 valence electrons. The molecule has 0 fully saturated rings. The quantitative estimate of drug-likeness (QED) is 0.734. The number of rotatable bonds is 5. The van der Waals surface area contributed by atoms with E-state index in [1.54, 1.807) is 23.1 Å². The van der Waals surface area contributed by atoms with Crippen LogP contribution in [-0.2, 0) is 6.42 Å². The number of thiazole rings is 1. The lowest BCUT2D eigenvalue weighted by Crippen LogP contribution is -2.13. The van der Waals surface area contributed by atoms with E-state index in [9.17, 15) is 5.11 Å². The van der Waals surface area contributed by atoms with E-state index in [1.807, 2.05) is 40.4 Å². The molecule has 2 aromatic heterocycles. The first-order valence-electron chi connectivity index (χ1n) is 6.08. The first kappa shape index (κ1) is 12.7. The molecule has 0 bridgehead atoms. The smallest absolute Gasteiger partial charge is 0.193 e. The highest BCUT2D eigenvalue weighted by atomic mass is 32.2. The van der Waals surface area contributed by atoms with Crippen LogP contribution in [0.5, 0.6) is 0 Å². The zero-order valence-corrected chi connectivity index (χ0v) is 11.9. The minimum atomic E-state index is -0.366. The monoisotopic (exact) mass is 290 g/mol. The standard InChI is InChI=1S/C14H14N2OS2/c17-12(10-19-13-4-2-1-3-5-13)8-11-9-16-6-7-18-14(16)15-11/h1-7,9,12,17H,8,10H2. The molecule has 2 heterocycles. The van der Waals surface area contributed by atoms with E-state index in [0.29, 0.717) is 12.2 Å². The molecule has 0 aliphatic carbocycles. The maximum atomic E-state index is 10.1. The number of aromatic nitrogens is 2. The van der Waals surface area contributed by atoms with Crippen LogP contribution in [0, 0.1) is 0 Å². The average Bonchev–Trinajstić information content (AvgIpc) is 2.98. The average molecular weight is 290 g/mol. The van der Waals surface area contributed by atoms with Crippen LogP contribution < -0.4 is 0 Å². The van der Waals surface area contributed by atoms with Crippen molar-refractivity contribution in [1.82, 2.24) is 9.38 Å². The van der Waals surface area contributed by atoms with Gasteiger partial charge in [-0.05, 0) is 12.1 Å². The van der Waals surface area contributed by atoms with Crippen molar-refractivity contribution < 1.29 is 5.11 Å². The van der Waals surface area contributed by atoms with Crippen LogP contribution in [0.2, 0.25) is 0 Å². The molecule has 0 amide bonds. The van der Waals surface area contributed by atoms with Gasteiger partial charge < -0.3 is 5.11 Å². The van der Waals surface area contributed by atoms with Gasteiger partial charge in [0.1, 0.15) is 0 Å². The van der Waals surface area contributed by atoms with Gasteiger partial charge in [-0.15, -0.1) is 23.1 Å². The fourth-order valence-corrected chi connectivity index (χ4v) is 3.46. The highest BCUT2D eigenvalue weighted by molar-refractivity contribution is 7.99. The van der Waals surface area contributed by atoms with Crippen LogP contribution in [0.15, 0.2) is 53.0 Å². The molecule has 1 atom stereocenters. The van der Waals surface area contributed by atoms with Gasteiger partial charge in [-0.3, -0.25) is 4.40 Å². The summed E-state index contributed by atoms with van der Waals surface area (Å²) in [5.74, 6) is 0.690. The lowest BCUT2D eigenvalue weighted by molar-refractivity contribution is 0.199. The van der Waals surface area contributed by atoms with E-state index < -0.39 is 0 Å². The van der Waals surface area contributed by atoms with Crippen LogP contribution >= 0.6 is 23.1 Å². The van der Waals surface area contributed by atoms with Crippen molar-refractivity contribution >= 4 is 28.1 Å². The largest absolute Gasteiger partial charge is 0.392 e. The number of imidazole rings is 1. The molecule has 3 rings (SSSR count). The normalized spacial score (nSPS) is 12.9. The highest BCUT2D eigenvalue weighted by Gasteiger charge is 2.10. The number of aliphatic hydroxyl groups is 1. The molecule has 1 unspecified atom stereocenters. The van der Waals surface area contributed by atoms with Gasteiger partial charge in [0.15, 0.2) is 4.96 Å². The van der Waals surface area contributed by atoms with Crippen LogP contribution in [0.4, 0.5) is 0 Å². The molecule has 5 heteroatoms. The Morgan fingerprint density at radius 2 is 2.16 bits per heavy atom. The van der Waals surface area contributed by atoms with Crippen LogP contribution in [0.1, 0.15) is 5.69 Å². The van der Waals surface area contributed by atoms with Crippen molar-refractivity contribution in [3.05, 3.63) is 53.8 Å². The van der Waals surface area contributed by atoms with Gasteiger partial charge >= 0.3 is 0 Å². The number of fused-ring (bicyclic) bond motifs is 1. The molecule has 1 aromatic carbocycles. The van der Waals surface area contributed by atoms with E-state index in [4.69, 9.17) is 0 Å². The summed E-state index contributed by atoms with van der Waals surface area (Å²) >= 11 is 3.29. The van der Waals surface area contributed by atoms with Gasteiger partial charge in [0, 0.05) is 34.8 Å². The summed E-state index contributed by atoms with van der Waals surface area (Å²) in [4.78, 5) is 6.65. The Hall–Kier alpha value is -1.30. The predicted molar refractivity (Wildman–Crippen MR) is 79.9 cm³/mol. The number of hydrogen-bond donors (Lipinski definition) is 1. The van der Waals surface area contributed by atoms with Crippen molar-refractivity contribution in [2.24, 2.45) is 0 Å². The zero-order chi connectivity index (χ0) is 13.1. The minimum Gasteiger partial charge on any atom is -0.392 e. The molecule has 3 nitrogen and oxygen atoms in total. The number of benzene rings is 1. The van der Waals surface area contributed by atoms with Crippen LogP contribution in [0.3, 0.4) is 0 Å². The molecule has 0 spiro atoms. The molecule has 19 heavy (non-hydrogen) atoms. The second-order valence-electron chi connectivity index (χ2n) is 4.31. The Labute approximate surface area is 119 Å². The summed E-state index contributed by atoms with van der Waals surface area (Å²) in [5, 5.41) is 12.1. The van der Waals surface area contributed by atoms with Crippen molar-refractivity contribution in [3.8, 4) is 0 Å². The lowest BCUT2D eigenvalue weighted by Gasteiger charge is -2.08. The van der Waals surface area contributed by atoms with E-state index in [-0.39, 0.29) is 6.10 Å². The summed E-state index contributed by atoms with van der Waals surface area (Å²) in [5.41, 5.74) is 0.952. The molecule has 0 saturated heterocycles. The van der Waals surface area contributed by atoms with Crippen molar-refractivity contribution in [2.45, 2.75) is 17.4 Å². The molecule has 0 radical (unpaired) electrons. The van der Waals surface area contributed by atoms with E-state index in [1.165, 1.54) is 4.90 Å². The summed E-state index contributed by atoms with van der Waals surface area (Å²) in [6.45, 7) is 0. The Kier molecular flexibility index (Phi) is 3.87. The third-order valence-electron chi connectivity index (χ3n) is 2.77. The van der Waals surface area contributed by atoms with Crippen molar-refractivity contribution in [2.75, 3.05) is 5.75 Å². The number of aliphatic hydroxyl groups excluding tert-OH is 1. The maximum Gasteiger partial charge on any atom is 0.193 e. The Morgan fingerprint density at radius 1 is 1.32 bits per heavy atom. The lowest BCUT2D eigenvalue weighted by atomic mass is 10.2. The third kappa shape index (κ3) is 3.18. The van der Waals surface area contributed by atoms with Gasteiger partial charge in [0.25, 0.3) is 0 Å². The zero-order valence-electron chi connectivity index (χ0n) is 10.3. The summed E-state index contributed by atoms with van der Waals surface area (Å²) in [7, 11) is 0. The molecule has 1 N–H and O–H groups in total. The highest BCUT2D eigenvalue weighted by Crippen LogP contribution is 2.19. The van der Waals surface area contributed by atoms with Crippen molar-refractivity contribution in [3.63, 3.8) is 0 Å². The summed E-state index contributed by atoms with van der Waals surface area (Å²) in [6, 6.07) is 10.1. The van der Waals surface area contributed by atoms with Gasteiger partial charge in [-0.1, -0.05) is 18.2 Å². The molecular weight excluding hydrogens is 276 g/mol. The van der Waals surface area contributed by atoms with E-state index >= 15 is 0 Å². The van der Waals surface area contributed by atoms with Gasteiger partial charge in [-0.2, -0.15) is 0 Å². The summed E-state index contributed by atoms with van der Waals surface area (Å²) in [6.07, 6.45) is 4.22. The van der Waals surface area contributed by atoms with E-state index in [2.05, 4.69) is 17.1 Å². The van der Waals surface area contributed by atoms with Gasteiger partial charge in [0.05, 0.1) is 11.8 Å². The topological polar surface area (TPSA) is 37.5 Å². The third-order valence-corrected chi connectivity index (χ3v) is 4.70. The minimum absolute atomic E-state index is 0.366. The number of nitrogens with zero attached hydrogens (tertiary/aromatic N) is 2. The van der Waals surface area contributed by atoms with Gasteiger partial charge in [0.2, 0.25) is 0 Å². The fraction of sp³-hybridized carbons (Fsp3) is 0.214. The molecular formula is C14H14N2OS2. The molecule has 3 aromatic rings. The summed E-state index contributed by atoms with van der Waals surface area (Å²) < 4.78 is 2.00. The Balaban J connectivity index is 1.56. The SMILES string of the molecule is OC(CSc1ccccc1)Cc1cn2ccsc2n1. The first-order valence-corrected chi connectivity index (χ1v) is 7.95. The second kappa shape index (κ2) is 5.77. The second-order valence-corrected chi connectivity index (χ2v) is 6.27.